The summed E-state index contributed by atoms with van der Waals surface area (Å²) < 4.78 is 26.6. The highest BCUT2D eigenvalue weighted by molar-refractivity contribution is 7.92. The van der Waals surface area contributed by atoms with E-state index in [0.29, 0.717) is 17.6 Å². The summed E-state index contributed by atoms with van der Waals surface area (Å²) in [6.07, 6.45) is 2.18. The van der Waals surface area contributed by atoms with Crippen LogP contribution in [-0.2, 0) is 16.6 Å². The number of rotatable bonds is 4. The van der Waals surface area contributed by atoms with Gasteiger partial charge in [-0.25, -0.2) is 8.42 Å². The predicted octanol–water partition coefficient (Wildman–Crippen LogP) is 0.789. The van der Waals surface area contributed by atoms with E-state index in [4.69, 9.17) is 0 Å². The van der Waals surface area contributed by atoms with E-state index in [9.17, 15) is 13.5 Å². The molecule has 1 heterocycles. The van der Waals surface area contributed by atoms with E-state index < -0.39 is 16.1 Å². The van der Waals surface area contributed by atoms with E-state index in [1.807, 2.05) is 6.07 Å². The zero-order valence-corrected chi connectivity index (χ0v) is 11.0. The minimum Gasteiger partial charge on any atom is -0.391 e. The van der Waals surface area contributed by atoms with E-state index in [-0.39, 0.29) is 0 Å². The lowest BCUT2D eigenvalue weighted by Crippen LogP contribution is -2.12. The molecule has 0 bridgehead atoms. The van der Waals surface area contributed by atoms with E-state index in [0.717, 1.165) is 11.8 Å². The molecule has 18 heavy (non-hydrogen) atoms. The maximum atomic E-state index is 11.3. The van der Waals surface area contributed by atoms with E-state index in [1.165, 1.54) is 0 Å². The molecule has 0 saturated carbocycles. The van der Waals surface area contributed by atoms with E-state index in [2.05, 4.69) is 9.82 Å². The third-order valence-electron chi connectivity index (χ3n) is 2.42. The van der Waals surface area contributed by atoms with Crippen molar-refractivity contribution >= 4 is 26.6 Å². The van der Waals surface area contributed by atoms with Crippen LogP contribution in [0.3, 0.4) is 0 Å². The first-order valence-corrected chi connectivity index (χ1v) is 7.36. The third-order valence-corrected chi connectivity index (χ3v) is 3.01. The van der Waals surface area contributed by atoms with Gasteiger partial charge in [-0.2, -0.15) is 5.10 Å². The van der Waals surface area contributed by atoms with Crippen molar-refractivity contribution in [2.24, 2.45) is 0 Å². The third kappa shape index (κ3) is 2.80. The Hall–Kier alpha value is -1.60. The lowest BCUT2D eigenvalue weighted by Gasteiger charge is -2.07. The van der Waals surface area contributed by atoms with Gasteiger partial charge in [0, 0.05) is 5.39 Å². The van der Waals surface area contributed by atoms with Crippen LogP contribution in [0.1, 0.15) is 6.92 Å². The molecular formula is C11H15N3O3S. The van der Waals surface area contributed by atoms with Crippen LogP contribution in [0.4, 0.5) is 5.69 Å². The molecule has 2 aromatic rings. The average molecular weight is 269 g/mol. The molecule has 2 rings (SSSR count). The monoisotopic (exact) mass is 269 g/mol. The number of fused-ring (bicyclic) bond motifs is 1. The van der Waals surface area contributed by atoms with Crippen LogP contribution < -0.4 is 4.72 Å². The number of aliphatic hydroxyl groups is 1. The zero-order chi connectivity index (χ0) is 13.3. The second-order valence-corrected chi connectivity index (χ2v) is 6.04. The molecule has 0 saturated heterocycles. The second-order valence-electron chi connectivity index (χ2n) is 4.29. The highest BCUT2D eigenvalue weighted by Gasteiger charge is 2.10. The number of nitrogens with one attached hydrogen (secondary N) is 1. The molecule has 0 aliphatic heterocycles. The Morgan fingerprint density at radius 1 is 1.50 bits per heavy atom. The summed E-state index contributed by atoms with van der Waals surface area (Å²) in [7, 11) is -3.32. The van der Waals surface area contributed by atoms with Crippen LogP contribution in [0.15, 0.2) is 24.4 Å². The van der Waals surface area contributed by atoms with Gasteiger partial charge in [0.15, 0.2) is 0 Å². The van der Waals surface area contributed by atoms with Crippen molar-refractivity contribution in [2.75, 3.05) is 11.0 Å². The van der Waals surface area contributed by atoms with Gasteiger partial charge >= 0.3 is 0 Å². The van der Waals surface area contributed by atoms with Gasteiger partial charge in [0.1, 0.15) is 0 Å². The molecule has 1 aromatic carbocycles. The Morgan fingerprint density at radius 2 is 2.22 bits per heavy atom. The van der Waals surface area contributed by atoms with Crippen molar-refractivity contribution in [2.45, 2.75) is 19.6 Å². The maximum Gasteiger partial charge on any atom is 0.229 e. The number of benzene rings is 1. The Kier molecular flexibility index (Phi) is 3.27. The highest BCUT2D eigenvalue weighted by Crippen LogP contribution is 2.23. The van der Waals surface area contributed by atoms with E-state index in [1.54, 1.807) is 29.9 Å². The van der Waals surface area contributed by atoms with Crippen LogP contribution >= 0.6 is 0 Å². The van der Waals surface area contributed by atoms with Gasteiger partial charge in [-0.05, 0) is 19.1 Å². The number of hydrogen-bond donors (Lipinski definition) is 2. The Labute approximate surface area is 105 Å². The molecule has 1 aromatic heterocycles. The minimum absolute atomic E-state index is 0.367. The number of aromatic nitrogens is 2. The summed E-state index contributed by atoms with van der Waals surface area (Å²) in [5, 5.41) is 14.2. The van der Waals surface area contributed by atoms with Crippen molar-refractivity contribution in [3.63, 3.8) is 0 Å². The molecule has 7 heteroatoms. The predicted molar refractivity (Wildman–Crippen MR) is 69.9 cm³/mol. The average Bonchev–Trinajstić information content (AvgIpc) is 2.60. The molecule has 6 nitrogen and oxygen atoms in total. The topological polar surface area (TPSA) is 84.2 Å². The molecule has 0 radical (unpaired) electrons. The molecule has 0 aliphatic rings. The van der Waals surface area contributed by atoms with Crippen LogP contribution in [0, 0.1) is 0 Å². The quantitative estimate of drug-likeness (QED) is 0.859. The lowest BCUT2D eigenvalue weighted by atomic mass is 10.2. The van der Waals surface area contributed by atoms with Gasteiger partial charge in [-0.3, -0.25) is 9.40 Å². The fourth-order valence-electron chi connectivity index (χ4n) is 1.79. The molecule has 0 fully saturated rings. The van der Waals surface area contributed by atoms with Crippen LogP contribution in [0.25, 0.3) is 10.9 Å². The summed E-state index contributed by atoms with van der Waals surface area (Å²) in [5.41, 5.74) is 1.27. The van der Waals surface area contributed by atoms with Gasteiger partial charge in [0.25, 0.3) is 0 Å². The minimum atomic E-state index is -3.32. The first-order chi connectivity index (χ1) is 8.37. The molecule has 2 N–H and O–H groups in total. The second kappa shape index (κ2) is 4.58. The Morgan fingerprint density at radius 3 is 2.83 bits per heavy atom. The van der Waals surface area contributed by atoms with Gasteiger partial charge in [0.2, 0.25) is 10.0 Å². The number of hydrogen-bond acceptors (Lipinski definition) is 4. The fourth-order valence-corrected chi connectivity index (χ4v) is 2.37. The van der Waals surface area contributed by atoms with Crippen molar-refractivity contribution in [3.8, 4) is 0 Å². The van der Waals surface area contributed by atoms with E-state index >= 15 is 0 Å². The number of sulfonamides is 1. The molecule has 0 amide bonds. The lowest BCUT2D eigenvalue weighted by molar-refractivity contribution is 0.170. The molecular weight excluding hydrogens is 254 g/mol. The van der Waals surface area contributed by atoms with Gasteiger partial charge in [-0.15, -0.1) is 0 Å². The van der Waals surface area contributed by atoms with Crippen molar-refractivity contribution in [3.05, 3.63) is 24.4 Å². The number of anilines is 1. The summed E-state index contributed by atoms with van der Waals surface area (Å²) >= 11 is 0. The van der Waals surface area contributed by atoms with Gasteiger partial charge in [0.05, 0.1) is 36.3 Å². The van der Waals surface area contributed by atoms with Crippen LogP contribution in [0.2, 0.25) is 0 Å². The number of aliphatic hydroxyl groups excluding tert-OH is 1. The van der Waals surface area contributed by atoms with Gasteiger partial charge in [-0.1, -0.05) is 6.07 Å². The molecule has 1 unspecified atom stereocenters. The summed E-state index contributed by atoms with van der Waals surface area (Å²) in [4.78, 5) is 0. The largest absolute Gasteiger partial charge is 0.391 e. The zero-order valence-electron chi connectivity index (χ0n) is 10.2. The standard InChI is InChI=1S/C11H15N3O3S/c1-8(15)7-14-11-5-3-4-10(9(11)6-12-14)13-18(2,16)17/h3-6,8,13,15H,7H2,1-2H3. The summed E-state index contributed by atoms with van der Waals surface area (Å²) in [5.74, 6) is 0. The molecule has 1 atom stereocenters. The first kappa shape index (κ1) is 12.8. The van der Waals surface area contributed by atoms with Crippen LogP contribution in [-0.4, -0.2) is 35.7 Å². The Bertz CT molecular complexity index is 661. The maximum absolute atomic E-state index is 11.3. The van der Waals surface area contributed by atoms with Crippen molar-refractivity contribution in [1.29, 1.82) is 0 Å². The van der Waals surface area contributed by atoms with Crippen molar-refractivity contribution in [1.82, 2.24) is 9.78 Å². The highest BCUT2D eigenvalue weighted by atomic mass is 32.2. The number of nitrogens with zero attached hydrogens (tertiary/aromatic N) is 2. The first-order valence-electron chi connectivity index (χ1n) is 5.47. The fraction of sp³-hybridized carbons (Fsp3) is 0.364. The summed E-state index contributed by atoms with van der Waals surface area (Å²) in [6, 6.07) is 5.26. The normalized spacial score (nSPS) is 13.7. The molecule has 0 aliphatic carbocycles. The Balaban J connectivity index is 2.48. The summed E-state index contributed by atoms with van der Waals surface area (Å²) in [6.45, 7) is 2.04. The van der Waals surface area contributed by atoms with Crippen LogP contribution in [0.5, 0.6) is 0 Å². The molecule has 98 valence electrons. The van der Waals surface area contributed by atoms with Crippen molar-refractivity contribution < 1.29 is 13.5 Å². The smallest absolute Gasteiger partial charge is 0.229 e. The SMILES string of the molecule is CC(O)Cn1ncc2c(NS(C)(=O)=O)cccc21. The van der Waals surface area contributed by atoms with Gasteiger partial charge < -0.3 is 5.11 Å². The molecule has 0 spiro atoms.